The minimum absolute atomic E-state index is 0.191. The summed E-state index contributed by atoms with van der Waals surface area (Å²) in [4.78, 5) is 5.04. The van der Waals surface area contributed by atoms with Gasteiger partial charge in [-0.05, 0) is 49.6 Å². The molecule has 29 heavy (non-hydrogen) atoms. The molecule has 0 saturated carbocycles. The van der Waals surface area contributed by atoms with Gasteiger partial charge in [-0.2, -0.15) is 0 Å². The molecule has 0 aliphatic heterocycles. The molecule has 156 valence electrons. The van der Waals surface area contributed by atoms with E-state index < -0.39 is 10.0 Å². The molecule has 1 atom stereocenters. The van der Waals surface area contributed by atoms with E-state index in [0.717, 1.165) is 24.3 Å². The minimum Gasteiger partial charge on any atom is -0.327 e. The molecule has 1 N–H and O–H groups in total. The van der Waals surface area contributed by atoms with Gasteiger partial charge in [0, 0.05) is 26.7 Å². The number of aromatic nitrogens is 2. The zero-order valence-corrected chi connectivity index (χ0v) is 18.6. The number of imidazole rings is 1. The van der Waals surface area contributed by atoms with E-state index in [1.165, 1.54) is 29.5 Å². The van der Waals surface area contributed by atoms with Crippen molar-refractivity contribution >= 4 is 21.1 Å². The van der Waals surface area contributed by atoms with Crippen molar-refractivity contribution in [2.75, 3.05) is 14.1 Å². The Morgan fingerprint density at radius 3 is 2.55 bits per heavy atom. The van der Waals surface area contributed by atoms with Crippen LogP contribution < -0.4 is 5.32 Å². The van der Waals surface area contributed by atoms with Crippen LogP contribution in [0.4, 0.5) is 0 Å². The Morgan fingerprint density at radius 2 is 1.90 bits per heavy atom. The lowest BCUT2D eigenvalue weighted by molar-refractivity contribution is 0.521. The Labute approximate surface area is 173 Å². The lowest BCUT2D eigenvalue weighted by Gasteiger charge is -2.17. The summed E-state index contributed by atoms with van der Waals surface area (Å²) >= 11 is 0. The molecule has 3 aromatic rings. The molecular formula is C22H30N4O2S. The fraction of sp³-hybridized carbons (Fsp3) is 0.409. The van der Waals surface area contributed by atoms with Crippen LogP contribution in [0.1, 0.15) is 43.3 Å². The van der Waals surface area contributed by atoms with Crippen molar-refractivity contribution in [2.24, 2.45) is 0 Å². The van der Waals surface area contributed by atoms with Crippen LogP contribution >= 0.6 is 0 Å². The van der Waals surface area contributed by atoms with Gasteiger partial charge in [-0.15, -0.1) is 0 Å². The van der Waals surface area contributed by atoms with Gasteiger partial charge in [0.05, 0.1) is 22.5 Å². The van der Waals surface area contributed by atoms with E-state index in [2.05, 4.69) is 48.9 Å². The Kier molecular flexibility index (Phi) is 6.41. The first kappa shape index (κ1) is 21.5. The second-order valence-electron chi connectivity index (χ2n) is 7.58. The maximum Gasteiger partial charge on any atom is 0.242 e. The molecule has 0 amide bonds. The monoisotopic (exact) mass is 414 g/mol. The molecule has 7 heteroatoms. The molecule has 1 aromatic heterocycles. The number of sulfonamides is 1. The third kappa shape index (κ3) is 4.37. The number of nitrogens with one attached hydrogen (secondary N) is 1. The predicted molar refractivity (Wildman–Crippen MR) is 117 cm³/mol. The maximum absolute atomic E-state index is 12.5. The lowest BCUT2D eigenvalue weighted by atomic mass is 10.0. The number of fused-ring (bicyclic) bond motifs is 1. The minimum atomic E-state index is -3.48. The molecule has 1 heterocycles. The van der Waals surface area contributed by atoms with Crippen LogP contribution in [0.15, 0.2) is 47.4 Å². The van der Waals surface area contributed by atoms with Crippen molar-refractivity contribution in [3.63, 3.8) is 0 Å². The second-order valence-corrected chi connectivity index (χ2v) is 9.73. The highest BCUT2D eigenvalue weighted by Gasteiger charge is 2.20. The number of hydrogen-bond donors (Lipinski definition) is 1. The average molecular weight is 415 g/mol. The largest absolute Gasteiger partial charge is 0.327 e. The molecule has 2 aromatic carbocycles. The topological polar surface area (TPSA) is 67.2 Å². The zero-order chi connectivity index (χ0) is 21.2. The predicted octanol–water partition coefficient (Wildman–Crippen LogP) is 3.86. The summed E-state index contributed by atoms with van der Waals surface area (Å²) < 4.78 is 28.4. The van der Waals surface area contributed by atoms with Crippen LogP contribution in [0.2, 0.25) is 0 Å². The van der Waals surface area contributed by atoms with Gasteiger partial charge in [-0.25, -0.2) is 17.7 Å². The number of aryl methyl sites for hydroxylation is 2. The molecule has 0 aliphatic carbocycles. The highest BCUT2D eigenvalue weighted by molar-refractivity contribution is 7.89. The Morgan fingerprint density at radius 1 is 1.17 bits per heavy atom. The molecular weight excluding hydrogens is 384 g/mol. The van der Waals surface area contributed by atoms with E-state index in [1.54, 1.807) is 12.1 Å². The van der Waals surface area contributed by atoms with Crippen molar-refractivity contribution in [2.45, 2.75) is 51.2 Å². The van der Waals surface area contributed by atoms with E-state index in [1.807, 2.05) is 12.1 Å². The third-order valence-corrected chi connectivity index (χ3v) is 7.06. The van der Waals surface area contributed by atoms with Gasteiger partial charge < -0.3 is 9.88 Å². The lowest BCUT2D eigenvalue weighted by Crippen LogP contribution is -2.22. The summed E-state index contributed by atoms with van der Waals surface area (Å²) in [6.07, 6.45) is 0.976. The second kappa shape index (κ2) is 8.65. The SMILES string of the molecule is CCCn1c(CN[C@H](C)c2ccccc2C)nc2cc(S(=O)(=O)N(C)C)ccc21. The third-order valence-electron chi connectivity index (χ3n) is 5.25. The van der Waals surface area contributed by atoms with Crippen LogP contribution in [0.3, 0.4) is 0 Å². The summed E-state index contributed by atoms with van der Waals surface area (Å²) in [5.41, 5.74) is 4.20. The van der Waals surface area contributed by atoms with Crippen molar-refractivity contribution in [1.29, 1.82) is 0 Å². The molecule has 6 nitrogen and oxygen atoms in total. The van der Waals surface area contributed by atoms with E-state index in [-0.39, 0.29) is 10.9 Å². The Balaban J connectivity index is 1.92. The summed E-state index contributed by atoms with van der Waals surface area (Å²) in [7, 11) is -0.404. The standard InChI is InChI=1S/C22H30N4O2S/c1-6-13-26-21-12-11-18(29(27,28)25(4)5)14-20(21)24-22(26)15-23-17(3)19-10-8-7-9-16(19)2/h7-12,14,17,23H,6,13,15H2,1-5H3/t17-/m1/s1. The molecule has 0 aliphatic rings. The number of rotatable bonds is 8. The molecule has 0 saturated heterocycles. The number of nitrogens with zero attached hydrogens (tertiary/aromatic N) is 3. The van der Waals surface area contributed by atoms with E-state index in [0.29, 0.717) is 12.1 Å². The van der Waals surface area contributed by atoms with Crippen molar-refractivity contribution < 1.29 is 8.42 Å². The molecule has 3 rings (SSSR count). The smallest absolute Gasteiger partial charge is 0.242 e. The first-order chi connectivity index (χ1) is 13.8. The van der Waals surface area contributed by atoms with Crippen LogP contribution in [0.25, 0.3) is 11.0 Å². The van der Waals surface area contributed by atoms with Crippen LogP contribution in [-0.2, 0) is 23.1 Å². The van der Waals surface area contributed by atoms with Gasteiger partial charge >= 0.3 is 0 Å². The van der Waals surface area contributed by atoms with Crippen LogP contribution in [0, 0.1) is 6.92 Å². The first-order valence-electron chi connectivity index (χ1n) is 9.96. The van der Waals surface area contributed by atoms with E-state index >= 15 is 0 Å². The van der Waals surface area contributed by atoms with Gasteiger partial charge in [-0.1, -0.05) is 31.2 Å². The highest BCUT2D eigenvalue weighted by atomic mass is 32.2. The van der Waals surface area contributed by atoms with Crippen molar-refractivity contribution in [3.05, 3.63) is 59.4 Å². The fourth-order valence-electron chi connectivity index (χ4n) is 3.57. The van der Waals surface area contributed by atoms with E-state index in [9.17, 15) is 8.42 Å². The van der Waals surface area contributed by atoms with Gasteiger partial charge in [0.1, 0.15) is 5.82 Å². The summed E-state index contributed by atoms with van der Waals surface area (Å²) in [5, 5.41) is 3.57. The highest BCUT2D eigenvalue weighted by Crippen LogP contribution is 2.23. The normalized spacial score (nSPS) is 13.3. The number of benzene rings is 2. The summed E-state index contributed by atoms with van der Waals surface area (Å²) in [6, 6.07) is 13.8. The van der Waals surface area contributed by atoms with Gasteiger partial charge in [-0.3, -0.25) is 0 Å². The van der Waals surface area contributed by atoms with Crippen molar-refractivity contribution in [3.8, 4) is 0 Å². The summed E-state index contributed by atoms with van der Waals surface area (Å²) in [6.45, 7) is 7.85. The zero-order valence-electron chi connectivity index (χ0n) is 17.8. The fourth-order valence-corrected chi connectivity index (χ4v) is 4.49. The van der Waals surface area contributed by atoms with Gasteiger partial charge in [0.15, 0.2) is 0 Å². The first-order valence-corrected chi connectivity index (χ1v) is 11.4. The van der Waals surface area contributed by atoms with Crippen LogP contribution in [0.5, 0.6) is 0 Å². The van der Waals surface area contributed by atoms with Crippen molar-refractivity contribution in [1.82, 2.24) is 19.2 Å². The molecule has 0 radical (unpaired) electrons. The van der Waals surface area contributed by atoms with Gasteiger partial charge in [0.2, 0.25) is 10.0 Å². The quantitative estimate of drug-likeness (QED) is 0.608. The molecule has 0 fully saturated rings. The maximum atomic E-state index is 12.5. The van der Waals surface area contributed by atoms with E-state index in [4.69, 9.17) is 4.98 Å². The van der Waals surface area contributed by atoms with Crippen LogP contribution in [-0.4, -0.2) is 36.4 Å². The molecule has 0 unspecified atom stereocenters. The Hall–Kier alpha value is -2.22. The molecule has 0 bridgehead atoms. The van der Waals surface area contributed by atoms with Gasteiger partial charge in [0.25, 0.3) is 0 Å². The molecule has 0 spiro atoms. The summed E-state index contributed by atoms with van der Waals surface area (Å²) in [5.74, 6) is 0.918. The number of hydrogen-bond acceptors (Lipinski definition) is 4. The average Bonchev–Trinajstić information content (AvgIpc) is 3.03. The Bertz CT molecular complexity index is 1100.